The number of aromatic amines is 1. The molecular formula is C32H33FN8O2. The topological polar surface area (TPSA) is 111 Å². The number of nitrogens with zero attached hydrogens (tertiary/aromatic N) is 5. The smallest absolute Gasteiger partial charge is 0.321 e. The third-order valence-corrected chi connectivity index (χ3v) is 7.51. The van der Waals surface area contributed by atoms with Crippen molar-refractivity contribution in [2.45, 2.75) is 13.5 Å². The number of urea groups is 1. The highest BCUT2D eigenvalue weighted by molar-refractivity contribution is 5.98. The molecule has 5 aromatic rings. The largest absolute Gasteiger partial charge is 0.495 e. The number of halogens is 1. The first-order valence-corrected chi connectivity index (χ1v) is 14.3. The fourth-order valence-electron chi connectivity index (χ4n) is 5.38. The molecule has 2 aromatic carbocycles. The molecule has 0 saturated carbocycles. The van der Waals surface area contributed by atoms with Crippen LogP contribution in [0.25, 0.3) is 33.4 Å². The average Bonchev–Trinajstić information content (AvgIpc) is 3.44. The second-order valence-corrected chi connectivity index (χ2v) is 10.3. The fourth-order valence-corrected chi connectivity index (χ4v) is 5.38. The number of aromatic nitrogens is 4. The Hall–Kier alpha value is -5.03. The number of carbonyl (C=O) groups excluding carboxylic acids is 1. The molecule has 0 atom stereocenters. The molecule has 2 amide bonds. The number of fused-ring (bicyclic) bond motifs is 1. The number of hydrogen-bond donors (Lipinski definition) is 3. The molecule has 0 spiro atoms. The molecule has 4 heterocycles. The van der Waals surface area contributed by atoms with Crippen LogP contribution in [-0.4, -0.2) is 70.7 Å². The number of methoxy groups -OCH3 is 1. The van der Waals surface area contributed by atoms with Crippen LogP contribution in [0.5, 0.6) is 5.75 Å². The summed E-state index contributed by atoms with van der Waals surface area (Å²) in [5.41, 5.74) is 5.64. The molecule has 6 rings (SSSR count). The Morgan fingerprint density at radius 1 is 1.02 bits per heavy atom. The van der Waals surface area contributed by atoms with Crippen molar-refractivity contribution in [3.8, 4) is 28.1 Å². The van der Waals surface area contributed by atoms with E-state index >= 15 is 0 Å². The lowest BCUT2D eigenvalue weighted by atomic mass is 10.0. The van der Waals surface area contributed by atoms with Gasteiger partial charge in [0.15, 0.2) is 0 Å². The first-order chi connectivity index (χ1) is 21.0. The van der Waals surface area contributed by atoms with Crippen molar-refractivity contribution in [2.24, 2.45) is 0 Å². The molecule has 220 valence electrons. The summed E-state index contributed by atoms with van der Waals surface area (Å²) < 4.78 is 20.4. The predicted octanol–water partition coefficient (Wildman–Crippen LogP) is 5.30. The minimum absolute atomic E-state index is 0.183. The van der Waals surface area contributed by atoms with Crippen molar-refractivity contribution >= 4 is 28.7 Å². The number of ether oxygens (including phenoxy) is 1. The highest BCUT2D eigenvalue weighted by Crippen LogP contribution is 2.34. The number of hydrogen-bond acceptors (Lipinski definition) is 7. The number of rotatable bonds is 8. The monoisotopic (exact) mass is 580 g/mol. The number of carbonyl (C=O) groups is 1. The predicted molar refractivity (Wildman–Crippen MR) is 166 cm³/mol. The van der Waals surface area contributed by atoms with E-state index < -0.39 is 5.82 Å². The van der Waals surface area contributed by atoms with Gasteiger partial charge in [-0.15, -0.1) is 0 Å². The van der Waals surface area contributed by atoms with Crippen LogP contribution < -0.4 is 20.3 Å². The van der Waals surface area contributed by atoms with Gasteiger partial charge in [0, 0.05) is 62.8 Å². The average molecular weight is 581 g/mol. The van der Waals surface area contributed by atoms with Crippen LogP contribution in [0.3, 0.4) is 0 Å². The number of benzene rings is 2. The van der Waals surface area contributed by atoms with Gasteiger partial charge in [-0.25, -0.2) is 14.2 Å². The van der Waals surface area contributed by atoms with Crippen molar-refractivity contribution < 1.29 is 13.9 Å². The van der Waals surface area contributed by atoms with Crippen LogP contribution in [0.2, 0.25) is 0 Å². The van der Waals surface area contributed by atoms with Crippen LogP contribution >= 0.6 is 0 Å². The zero-order valence-electron chi connectivity index (χ0n) is 24.1. The fraction of sp³-hybridized carbons (Fsp3) is 0.250. The lowest BCUT2D eigenvalue weighted by Crippen LogP contribution is -2.46. The minimum atomic E-state index is -0.457. The van der Waals surface area contributed by atoms with Crippen molar-refractivity contribution in [1.29, 1.82) is 0 Å². The first kappa shape index (κ1) is 28.1. The molecule has 11 heteroatoms. The van der Waals surface area contributed by atoms with Crippen molar-refractivity contribution in [3.63, 3.8) is 0 Å². The summed E-state index contributed by atoms with van der Waals surface area (Å²) in [4.78, 5) is 33.6. The van der Waals surface area contributed by atoms with Gasteiger partial charge in [0.05, 0.1) is 24.0 Å². The van der Waals surface area contributed by atoms with E-state index in [-0.39, 0.29) is 17.7 Å². The van der Waals surface area contributed by atoms with E-state index in [0.717, 1.165) is 61.0 Å². The molecule has 0 aliphatic carbocycles. The lowest BCUT2D eigenvalue weighted by Gasteiger charge is -2.36. The minimum Gasteiger partial charge on any atom is -0.495 e. The Balaban J connectivity index is 1.21. The van der Waals surface area contributed by atoms with Crippen molar-refractivity contribution in [3.05, 3.63) is 84.6 Å². The van der Waals surface area contributed by atoms with Gasteiger partial charge >= 0.3 is 6.03 Å². The van der Waals surface area contributed by atoms with Gasteiger partial charge in [0.2, 0.25) is 5.95 Å². The second kappa shape index (κ2) is 12.5. The Kier molecular flexibility index (Phi) is 8.14. The van der Waals surface area contributed by atoms with Gasteiger partial charge in [0.25, 0.3) is 0 Å². The Morgan fingerprint density at radius 3 is 2.60 bits per heavy atom. The van der Waals surface area contributed by atoms with Crippen LogP contribution in [0.15, 0.2) is 73.1 Å². The molecule has 1 saturated heterocycles. The standard InChI is InChI=1S/C32H33FN8O2/c1-3-34-32(42)39-31-37-26-18-22(17-24(30(26)38-31)29-25(33)7-6-12-35-29)21-10-11-23(36-19-21)20-40-13-15-41(16-14-40)27-8-4-5-9-28(27)43-2/h4-12,17-19H,3,13-16,20H2,1-2H3,(H3,34,37,38,39,42). The maximum Gasteiger partial charge on any atom is 0.321 e. The summed E-state index contributed by atoms with van der Waals surface area (Å²) in [6.45, 7) is 6.71. The summed E-state index contributed by atoms with van der Waals surface area (Å²) >= 11 is 0. The number of para-hydroxylation sites is 2. The Morgan fingerprint density at radius 2 is 1.86 bits per heavy atom. The normalized spacial score (nSPS) is 13.7. The summed E-state index contributed by atoms with van der Waals surface area (Å²) in [6, 6.07) is 18.5. The second-order valence-electron chi connectivity index (χ2n) is 10.3. The number of piperazine rings is 1. The molecule has 1 aliphatic rings. The van der Waals surface area contributed by atoms with Gasteiger partial charge in [-0.2, -0.15) is 0 Å². The highest BCUT2D eigenvalue weighted by atomic mass is 19.1. The SMILES string of the molecule is CCNC(=O)Nc1nc2c(-c3ncccc3F)cc(-c3ccc(CN4CCN(c5ccccc5OC)CC4)nc3)cc2[nH]1. The zero-order chi connectivity index (χ0) is 29.8. The maximum absolute atomic E-state index is 14.9. The summed E-state index contributed by atoms with van der Waals surface area (Å²) in [7, 11) is 1.71. The molecule has 43 heavy (non-hydrogen) atoms. The zero-order valence-corrected chi connectivity index (χ0v) is 24.1. The maximum atomic E-state index is 14.9. The van der Waals surface area contributed by atoms with Gasteiger partial charge in [-0.3, -0.25) is 20.2 Å². The number of nitrogens with one attached hydrogen (secondary N) is 3. The number of imidazole rings is 1. The van der Waals surface area contributed by atoms with Gasteiger partial charge in [-0.1, -0.05) is 18.2 Å². The van der Waals surface area contributed by atoms with Crippen molar-refractivity contribution in [2.75, 3.05) is 50.1 Å². The molecule has 1 aliphatic heterocycles. The van der Waals surface area contributed by atoms with E-state index in [2.05, 4.69) is 41.5 Å². The molecular weight excluding hydrogens is 547 g/mol. The van der Waals surface area contributed by atoms with Gasteiger partial charge < -0.3 is 19.9 Å². The van der Waals surface area contributed by atoms with E-state index in [1.807, 2.05) is 55.6 Å². The van der Waals surface area contributed by atoms with E-state index in [9.17, 15) is 9.18 Å². The van der Waals surface area contributed by atoms with E-state index in [1.165, 1.54) is 6.07 Å². The van der Waals surface area contributed by atoms with Crippen LogP contribution in [0, 0.1) is 5.82 Å². The molecule has 0 radical (unpaired) electrons. The van der Waals surface area contributed by atoms with E-state index in [4.69, 9.17) is 9.72 Å². The molecule has 1 fully saturated rings. The summed E-state index contributed by atoms with van der Waals surface area (Å²) in [6.07, 6.45) is 3.38. The number of anilines is 2. The van der Waals surface area contributed by atoms with Crippen LogP contribution in [0.4, 0.5) is 20.8 Å². The summed E-state index contributed by atoms with van der Waals surface area (Å²) in [5, 5.41) is 5.37. The molecule has 0 bridgehead atoms. The molecule has 3 aromatic heterocycles. The molecule has 3 N–H and O–H groups in total. The summed E-state index contributed by atoms with van der Waals surface area (Å²) in [5.74, 6) is 0.696. The Labute approximate surface area is 248 Å². The highest BCUT2D eigenvalue weighted by Gasteiger charge is 2.21. The third-order valence-electron chi connectivity index (χ3n) is 7.51. The first-order valence-electron chi connectivity index (χ1n) is 14.3. The van der Waals surface area contributed by atoms with E-state index in [1.54, 1.807) is 19.4 Å². The third kappa shape index (κ3) is 6.12. The Bertz CT molecular complexity index is 1730. The number of pyridine rings is 2. The van der Waals surface area contributed by atoms with Gasteiger partial charge in [-0.05, 0) is 55.0 Å². The quantitative estimate of drug-likeness (QED) is 0.229. The number of H-pyrrole nitrogens is 1. The van der Waals surface area contributed by atoms with Crippen LogP contribution in [-0.2, 0) is 6.54 Å². The molecule has 10 nitrogen and oxygen atoms in total. The number of amides is 2. The van der Waals surface area contributed by atoms with E-state index in [0.29, 0.717) is 23.1 Å². The van der Waals surface area contributed by atoms with Crippen molar-refractivity contribution in [1.82, 2.24) is 30.2 Å². The molecule has 0 unspecified atom stereocenters. The van der Waals surface area contributed by atoms with Crippen LogP contribution in [0.1, 0.15) is 12.6 Å². The lowest BCUT2D eigenvalue weighted by molar-refractivity contribution is 0.246. The van der Waals surface area contributed by atoms with Gasteiger partial charge in [0.1, 0.15) is 22.8 Å².